The Labute approximate surface area is 157 Å². The molecule has 136 valence electrons. The molecule has 0 unspecified atom stereocenters. The lowest BCUT2D eigenvalue weighted by Gasteiger charge is -2.15. The maximum Gasteiger partial charge on any atom is 0.317 e. The van der Waals surface area contributed by atoms with Gasteiger partial charge in [-0.2, -0.15) is 0 Å². The van der Waals surface area contributed by atoms with Gasteiger partial charge in [-0.15, -0.1) is 0 Å². The molecule has 26 heavy (non-hydrogen) atoms. The molecule has 5 nitrogen and oxygen atoms in total. The van der Waals surface area contributed by atoms with Crippen LogP contribution in [0.2, 0.25) is 5.02 Å². The van der Waals surface area contributed by atoms with E-state index in [-0.39, 0.29) is 12.6 Å². The number of carbonyl (C=O) groups is 2. The zero-order valence-electron chi connectivity index (χ0n) is 14.5. The molecule has 1 aliphatic rings. The van der Waals surface area contributed by atoms with Crippen LogP contribution in [-0.4, -0.2) is 25.1 Å². The molecular formula is C20H20ClNO4. The topological polar surface area (TPSA) is 64.6 Å². The van der Waals surface area contributed by atoms with Crippen molar-refractivity contribution in [3.8, 4) is 5.75 Å². The Morgan fingerprint density at radius 3 is 2.46 bits per heavy atom. The highest BCUT2D eigenvalue weighted by Gasteiger charge is 2.52. The second kappa shape index (κ2) is 7.79. The summed E-state index contributed by atoms with van der Waals surface area (Å²) in [5.74, 6) is -0.208. The van der Waals surface area contributed by atoms with E-state index in [0.717, 1.165) is 5.56 Å². The summed E-state index contributed by atoms with van der Waals surface area (Å²) in [6.07, 6.45) is 1.42. The first-order valence-electron chi connectivity index (χ1n) is 8.50. The van der Waals surface area contributed by atoms with E-state index in [2.05, 4.69) is 5.32 Å². The van der Waals surface area contributed by atoms with Gasteiger partial charge in [0.15, 0.2) is 6.61 Å². The summed E-state index contributed by atoms with van der Waals surface area (Å²) in [7, 11) is 0. The Balaban J connectivity index is 1.58. The third-order valence-corrected chi connectivity index (χ3v) is 4.58. The summed E-state index contributed by atoms with van der Waals surface area (Å²) < 4.78 is 10.7. The third kappa shape index (κ3) is 3.99. The summed E-state index contributed by atoms with van der Waals surface area (Å²) in [6.45, 7) is 2.02. The number of halogens is 1. The number of esters is 1. The molecular weight excluding hydrogens is 354 g/mol. The average Bonchev–Trinajstić information content (AvgIpc) is 3.44. The summed E-state index contributed by atoms with van der Waals surface area (Å²) in [5, 5.41) is 3.33. The van der Waals surface area contributed by atoms with E-state index in [9.17, 15) is 9.59 Å². The minimum Gasteiger partial charge on any atom is -0.492 e. The van der Waals surface area contributed by atoms with Gasteiger partial charge in [0.2, 0.25) is 0 Å². The number of amides is 1. The first-order valence-corrected chi connectivity index (χ1v) is 8.88. The lowest BCUT2D eigenvalue weighted by atomic mass is 9.96. The third-order valence-electron chi connectivity index (χ3n) is 4.33. The van der Waals surface area contributed by atoms with Crippen molar-refractivity contribution < 1.29 is 19.1 Å². The molecule has 3 rings (SSSR count). The highest BCUT2D eigenvalue weighted by Crippen LogP contribution is 2.49. The Morgan fingerprint density at radius 2 is 1.81 bits per heavy atom. The van der Waals surface area contributed by atoms with Crippen LogP contribution in [0.15, 0.2) is 48.5 Å². The molecule has 0 bridgehead atoms. The van der Waals surface area contributed by atoms with Gasteiger partial charge < -0.3 is 14.8 Å². The van der Waals surface area contributed by atoms with E-state index in [1.807, 2.05) is 25.1 Å². The molecule has 2 aromatic carbocycles. The predicted molar refractivity (Wildman–Crippen MR) is 99.6 cm³/mol. The molecule has 0 aliphatic heterocycles. The van der Waals surface area contributed by atoms with Gasteiger partial charge in [-0.1, -0.05) is 35.9 Å². The molecule has 2 aromatic rings. The van der Waals surface area contributed by atoms with Crippen LogP contribution in [0.5, 0.6) is 5.75 Å². The summed E-state index contributed by atoms with van der Waals surface area (Å²) >= 11 is 5.90. The van der Waals surface area contributed by atoms with E-state index < -0.39 is 11.3 Å². The van der Waals surface area contributed by atoms with Crippen LogP contribution in [0.25, 0.3) is 0 Å². The van der Waals surface area contributed by atoms with Crippen LogP contribution >= 0.6 is 11.6 Å². The molecule has 1 saturated carbocycles. The lowest BCUT2D eigenvalue weighted by molar-refractivity contribution is -0.150. The van der Waals surface area contributed by atoms with Crippen molar-refractivity contribution in [2.75, 3.05) is 18.5 Å². The Hall–Kier alpha value is -2.53. The number of rotatable bonds is 7. The Morgan fingerprint density at radius 1 is 1.12 bits per heavy atom. The number of benzene rings is 2. The van der Waals surface area contributed by atoms with Crippen molar-refractivity contribution in [1.29, 1.82) is 0 Å². The van der Waals surface area contributed by atoms with Crippen molar-refractivity contribution >= 4 is 29.2 Å². The highest BCUT2D eigenvalue weighted by molar-refractivity contribution is 6.30. The van der Waals surface area contributed by atoms with Gasteiger partial charge >= 0.3 is 5.97 Å². The molecule has 0 atom stereocenters. The van der Waals surface area contributed by atoms with Crippen molar-refractivity contribution in [3.05, 3.63) is 59.1 Å². The number of carbonyl (C=O) groups excluding carboxylic acids is 2. The second-order valence-electron chi connectivity index (χ2n) is 6.14. The first kappa shape index (κ1) is 18.3. The van der Waals surface area contributed by atoms with E-state index >= 15 is 0 Å². The van der Waals surface area contributed by atoms with Crippen LogP contribution in [0.1, 0.15) is 25.3 Å². The van der Waals surface area contributed by atoms with Crippen LogP contribution in [0, 0.1) is 0 Å². The maximum atomic E-state index is 12.5. The molecule has 1 fully saturated rings. The maximum absolute atomic E-state index is 12.5. The zero-order chi connectivity index (χ0) is 18.6. The number of ether oxygens (including phenoxy) is 2. The molecule has 1 aliphatic carbocycles. The molecule has 0 radical (unpaired) electrons. The standard InChI is InChI=1S/C20H20ClNO4/c1-2-25-17-6-4-3-5-16(17)22-18(23)13-26-19(24)20(11-12-20)14-7-9-15(21)10-8-14/h3-10H,2,11-13H2,1H3,(H,22,23). The van der Waals surface area contributed by atoms with Crippen LogP contribution in [0.3, 0.4) is 0 Å². The van der Waals surface area contributed by atoms with E-state index in [4.69, 9.17) is 21.1 Å². The number of nitrogens with one attached hydrogen (secondary N) is 1. The normalized spacial score (nSPS) is 14.4. The van der Waals surface area contributed by atoms with Gasteiger partial charge in [0.1, 0.15) is 5.75 Å². The summed E-state index contributed by atoms with van der Waals surface area (Å²) in [4.78, 5) is 24.6. The van der Waals surface area contributed by atoms with E-state index in [1.165, 1.54) is 0 Å². The molecule has 1 amide bonds. The average molecular weight is 374 g/mol. The summed E-state index contributed by atoms with van der Waals surface area (Å²) in [5.41, 5.74) is 0.775. The fourth-order valence-corrected chi connectivity index (χ4v) is 2.94. The fourth-order valence-electron chi connectivity index (χ4n) is 2.81. The molecule has 0 aromatic heterocycles. The predicted octanol–water partition coefficient (Wildman–Crippen LogP) is 3.95. The van der Waals surface area contributed by atoms with Gasteiger partial charge in [-0.3, -0.25) is 9.59 Å². The van der Waals surface area contributed by atoms with Crippen LogP contribution in [0.4, 0.5) is 5.69 Å². The largest absolute Gasteiger partial charge is 0.492 e. The molecule has 6 heteroatoms. The summed E-state index contributed by atoms with van der Waals surface area (Å²) in [6, 6.07) is 14.3. The number of para-hydroxylation sites is 2. The molecule has 0 spiro atoms. The van der Waals surface area contributed by atoms with Gasteiger partial charge in [0.25, 0.3) is 5.91 Å². The van der Waals surface area contributed by atoms with Gasteiger partial charge in [-0.05, 0) is 49.6 Å². The Bertz CT molecular complexity index is 800. The minimum atomic E-state index is -0.645. The van der Waals surface area contributed by atoms with Crippen molar-refractivity contribution in [2.45, 2.75) is 25.2 Å². The van der Waals surface area contributed by atoms with Crippen molar-refractivity contribution in [2.24, 2.45) is 0 Å². The fraction of sp³-hybridized carbons (Fsp3) is 0.300. The quantitative estimate of drug-likeness (QED) is 0.746. The van der Waals surface area contributed by atoms with Gasteiger partial charge in [-0.25, -0.2) is 0 Å². The van der Waals surface area contributed by atoms with E-state index in [1.54, 1.807) is 30.3 Å². The minimum absolute atomic E-state index is 0.339. The van der Waals surface area contributed by atoms with Crippen molar-refractivity contribution in [3.63, 3.8) is 0 Å². The SMILES string of the molecule is CCOc1ccccc1NC(=O)COC(=O)C1(c2ccc(Cl)cc2)CC1. The highest BCUT2D eigenvalue weighted by atomic mass is 35.5. The van der Waals surface area contributed by atoms with Crippen LogP contribution in [-0.2, 0) is 19.7 Å². The lowest BCUT2D eigenvalue weighted by Crippen LogP contribution is -2.28. The number of hydrogen-bond acceptors (Lipinski definition) is 4. The van der Waals surface area contributed by atoms with Crippen molar-refractivity contribution in [1.82, 2.24) is 0 Å². The van der Waals surface area contributed by atoms with Gasteiger partial charge in [0, 0.05) is 5.02 Å². The van der Waals surface area contributed by atoms with E-state index in [0.29, 0.717) is 35.9 Å². The molecule has 0 saturated heterocycles. The second-order valence-corrected chi connectivity index (χ2v) is 6.58. The first-order chi connectivity index (χ1) is 12.5. The number of anilines is 1. The Kier molecular flexibility index (Phi) is 5.47. The molecule has 0 heterocycles. The van der Waals surface area contributed by atoms with Gasteiger partial charge in [0.05, 0.1) is 17.7 Å². The monoisotopic (exact) mass is 373 g/mol. The zero-order valence-corrected chi connectivity index (χ0v) is 15.2. The molecule has 1 N–H and O–H groups in total. The van der Waals surface area contributed by atoms with Crippen LogP contribution < -0.4 is 10.1 Å². The number of hydrogen-bond donors (Lipinski definition) is 1. The smallest absolute Gasteiger partial charge is 0.317 e.